The molecule has 0 amide bonds. The van der Waals surface area contributed by atoms with Gasteiger partial charge in [0.05, 0.1) is 33.5 Å². The average Bonchev–Trinajstić information content (AvgIpc) is 2.58. The summed E-state index contributed by atoms with van der Waals surface area (Å²) in [6, 6.07) is 3.72. The van der Waals surface area contributed by atoms with Crippen molar-refractivity contribution in [2.75, 3.05) is 21.3 Å². The second kappa shape index (κ2) is 7.02. The molecule has 5 heteroatoms. The summed E-state index contributed by atoms with van der Waals surface area (Å²) in [5, 5.41) is 0. The van der Waals surface area contributed by atoms with Gasteiger partial charge < -0.3 is 18.9 Å². The second-order valence-corrected chi connectivity index (χ2v) is 7.59. The van der Waals surface area contributed by atoms with E-state index in [4.69, 9.17) is 18.9 Å². The van der Waals surface area contributed by atoms with E-state index in [-0.39, 0.29) is 18.1 Å². The number of rotatable bonds is 4. The Morgan fingerprint density at radius 2 is 1.80 bits per heavy atom. The van der Waals surface area contributed by atoms with Gasteiger partial charge in [-0.1, -0.05) is 13.3 Å². The van der Waals surface area contributed by atoms with Crippen LogP contribution in [0.4, 0.5) is 4.39 Å². The summed E-state index contributed by atoms with van der Waals surface area (Å²) in [4.78, 5) is 0. The normalized spacial score (nSPS) is 35.0. The van der Waals surface area contributed by atoms with Crippen LogP contribution in [0.3, 0.4) is 0 Å². The maximum Gasteiger partial charge on any atom is 0.203 e. The zero-order valence-electron chi connectivity index (χ0n) is 15.8. The van der Waals surface area contributed by atoms with Gasteiger partial charge >= 0.3 is 0 Å². The van der Waals surface area contributed by atoms with Crippen molar-refractivity contribution >= 4 is 0 Å². The van der Waals surface area contributed by atoms with Crippen LogP contribution in [0.2, 0.25) is 0 Å². The molecule has 2 fully saturated rings. The van der Waals surface area contributed by atoms with Gasteiger partial charge in [-0.2, -0.15) is 0 Å². The molecule has 5 atom stereocenters. The molecule has 0 radical (unpaired) electrons. The standard InChI is InChI=1S/C20H29FO4/c1-12-6-8-14-16(10-12)25-17(11-20(14,2)21)13-7-9-15(22-3)19(24-5)18(13)23-4/h7,9,12,14,16-17H,6,8,10-11H2,1-5H3/t12-,14-,16-,17-,20?/m1/s1. The molecule has 0 spiro atoms. The van der Waals surface area contributed by atoms with Crippen molar-refractivity contribution in [1.82, 2.24) is 0 Å². The van der Waals surface area contributed by atoms with Crippen LogP contribution < -0.4 is 14.2 Å². The third-order valence-corrected chi connectivity index (χ3v) is 5.83. The molecule has 4 nitrogen and oxygen atoms in total. The first kappa shape index (κ1) is 18.3. The lowest BCUT2D eigenvalue weighted by Crippen LogP contribution is -2.49. The summed E-state index contributed by atoms with van der Waals surface area (Å²) >= 11 is 0. The van der Waals surface area contributed by atoms with E-state index in [1.165, 1.54) is 0 Å². The number of hydrogen-bond donors (Lipinski definition) is 0. The molecule has 0 N–H and O–H groups in total. The molecule has 1 saturated heterocycles. The van der Waals surface area contributed by atoms with Crippen molar-refractivity contribution in [3.8, 4) is 17.2 Å². The molecule has 1 aromatic rings. The van der Waals surface area contributed by atoms with Crippen LogP contribution in [-0.2, 0) is 4.74 Å². The van der Waals surface area contributed by atoms with Crippen LogP contribution >= 0.6 is 0 Å². The number of fused-ring (bicyclic) bond motifs is 1. The number of hydrogen-bond acceptors (Lipinski definition) is 4. The van der Waals surface area contributed by atoms with Gasteiger partial charge in [0.2, 0.25) is 5.75 Å². The van der Waals surface area contributed by atoms with E-state index in [9.17, 15) is 0 Å². The minimum atomic E-state index is -1.24. The van der Waals surface area contributed by atoms with E-state index < -0.39 is 5.67 Å². The molecule has 1 heterocycles. The smallest absolute Gasteiger partial charge is 0.203 e. The number of benzene rings is 1. The minimum absolute atomic E-state index is 0.0221. The number of methoxy groups -OCH3 is 3. The summed E-state index contributed by atoms with van der Waals surface area (Å²) in [6.45, 7) is 3.94. The van der Waals surface area contributed by atoms with E-state index in [2.05, 4.69) is 6.92 Å². The Balaban J connectivity index is 1.96. The van der Waals surface area contributed by atoms with Crippen molar-refractivity contribution in [2.45, 2.75) is 57.4 Å². The van der Waals surface area contributed by atoms with Crippen molar-refractivity contribution in [3.63, 3.8) is 0 Å². The third-order valence-electron chi connectivity index (χ3n) is 5.83. The van der Waals surface area contributed by atoms with Crippen molar-refractivity contribution < 1.29 is 23.3 Å². The molecule has 1 aromatic carbocycles. The Morgan fingerprint density at radius 3 is 2.44 bits per heavy atom. The minimum Gasteiger partial charge on any atom is -0.493 e. The molecular formula is C20H29FO4. The fraction of sp³-hybridized carbons (Fsp3) is 0.700. The van der Waals surface area contributed by atoms with Gasteiger partial charge in [-0.25, -0.2) is 4.39 Å². The molecule has 1 saturated carbocycles. The first-order valence-corrected chi connectivity index (χ1v) is 9.04. The van der Waals surface area contributed by atoms with E-state index in [0.717, 1.165) is 24.8 Å². The summed E-state index contributed by atoms with van der Waals surface area (Å²) in [5.74, 6) is 2.22. The van der Waals surface area contributed by atoms with Gasteiger partial charge in [-0.15, -0.1) is 0 Å². The monoisotopic (exact) mass is 352 g/mol. The first-order valence-electron chi connectivity index (χ1n) is 9.04. The van der Waals surface area contributed by atoms with E-state index in [1.54, 1.807) is 28.3 Å². The Labute approximate surface area is 149 Å². The highest BCUT2D eigenvalue weighted by molar-refractivity contribution is 5.56. The van der Waals surface area contributed by atoms with Crippen molar-refractivity contribution in [1.29, 1.82) is 0 Å². The zero-order valence-corrected chi connectivity index (χ0v) is 15.8. The van der Waals surface area contributed by atoms with Gasteiger partial charge in [-0.05, 0) is 37.8 Å². The fourth-order valence-corrected chi connectivity index (χ4v) is 4.50. The summed E-state index contributed by atoms with van der Waals surface area (Å²) in [5.41, 5.74) is -0.424. The van der Waals surface area contributed by atoms with Gasteiger partial charge in [-0.3, -0.25) is 0 Å². The quantitative estimate of drug-likeness (QED) is 0.787. The number of halogens is 1. The second-order valence-electron chi connectivity index (χ2n) is 7.59. The Hall–Kier alpha value is -1.49. The third kappa shape index (κ3) is 3.31. The maximum atomic E-state index is 15.5. The Morgan fingerprint density at radius 1 is 1.08 bits per heavy atom. The van der Waals surface area contributed by atoms with Crippen molar-refractivity contribution in [3.05, 3.63) is 17.7 Å². The number of alkyl halides is 1. The molecular weight excluding hydrogens is 323 g/mol. The SMILES string of the molecule is COc1ccc([C@H]2CC(C)(F)[C@@H]3CC[C@@H](C)C[C@H]3O2)c(OC)c1OC. The molecule has 0 aromatic heterocycles. The van der Waals surface area contributed by atoms with Crippen LogP contribution in [0.5, 0.6) is 17.2 Å². The topological polar surface area (TPSA) is 36.9 Å². The highest BCUT2D eigenvalue weighted by Gasteiger charge is 2.49. The predicted molar refractivity (Wildman–Crippen MR) is 94.3 cm³/mol. The largest absolute Gasteiger partial charge is 0.493 e. The lowest BCUT2D eigenvalue weighted by molar-refractivity contribution is -0.172. The maximum absolute atomic E-state index is 15.5. The lowest BCUT2D eigenvalue weighted by Gasteiger charge is -2.48. The highest BCUT2D eigenvalue weighted by Crippen LogP contribution is 2.52. The van der Waals surface area contributed by atoms with Gasteiger partial charge in [0.1, 0.15) is 5.67 Å². The van der Waals surface area contributed by atoms with E-state index >= 15 is 4.39 Å². The van der Waals surface area contributed by atoms with Crippen LogP contribution in [-0.4, -0.2) is 33.1 Å². The molecule has 0 bridgehead atoms. The van der Waals surface area contributed by atoms with Crippen LogP contribution in [0, 0.1) is 11.8 Å². The number of ether oxygens (including phenoxy) is 4. The molecule has 1 aliphatic heterocycles. The predicted octanol–water partition coefficient (Wildman–Crippen LogP) is 4.71. The molecule has 2 aliphatic rings. The van der Waals surface area contributed by atoms with Crippen LogP contribution in [0.1, 0.15) is 51.2 Å². The first-order chi connectivity index (χ1) is 11.9. The summed E-state index contributed by atoms with van der Waals surface area (Å²) < 4.78 is 38.2. The Bertz CT molecular complexity index is 616. The molecule has 140 valence electrons. The summed E-state index contributed by atoms with van der Waals surface area (Å²) in [7, 11) is 4.74. The molecule has 1 aliphatic carbocycles. The zero-order chi connectivity index (χ0) is 18.2. The Kier molecular flexibility index (Phi) is 5.14. The van der Waals surface area contributed by atoms with Gasteiger partial charge in [0, 0.05) is 17.9 Å². The van der Waals surface area contributed by atoms with Crippen LogP contribution in [0.15, 0.2) is 12.1 Å². The fourth-order valence-electron chi connectivity index (χ4n) is 4.50. The summed E-state index contributed by atoms with van der Waals surface area (Å²) in [6.07, 6.45) is 2.82. The van der Waals surface area contributed by atoms with E-state index in [0.29, 0.717) is 29.6 Å². The average molecular weight is 352 g/mol. The van der Waals surface area contributed by atoms with Gasteiger partial charge in [0.25, 0.3) is 0 Å². The molecule has 25 heavy (non-hydrogen) atoms. The van der Waals surface area contributed by atoms with Crippen molar-refractivity contribution in [2.24, 2.45) is 11.8 Å². The molecule has 1 unspecified atom stereocenters. The van der Waals surface area contributed by atoms with E-state index in [1.807, 2.05) is 12.1 Å². The van der Waals surface area contributed by atoms with Gasteiger partial charge in [0.15, 0.2) is 11.5 Å². The lowest BCUT2D eigenvalue weighted by atomic mass is 9.69. The van der Waals surface area contributed by atoms with Crippen LogP contribution in [0.25, 0.3) is 0 Å². The molecule has 3 rings (SSSR count). The highest BCUT2D eigenvalue weighted by atomic mass is 19.1.